The Morgan fingerprint density at radius 1 is 1.19 bits per heavy atom. The van der Waals surface area contributed by atoms with Crippen LogP contribution in [0.4, 0.5) is 15.6 Å². The quantitative estimate of drug-likeness (QED) is 0.705. The molecule has 1 aliphatic heterocycles. The number of aromatic nitrogens is 3. The molecule has 0 radical (unpaired) electrons. The van der Waals surface area contributed by atoms with Crippen molar-refractivity contribution in [3.63, 3.8) is 0 Å². The molecule has 11 heteroatoms. The summed E-state index contributed by atoms with van der Waals surface area (Å²) in [5, 5.41) is 13.9. The number of nitrogens with one attached hydrogen (secondary N) is 3. The topological polar surface area (TPSA) is 123 Å². The normalized spacial score (nSPS) is 14.1. The molecule has 0 bridgehead atoms. The van der Waals surface area contributed by atoms with Crippen LogP contribution in [0.25, 0.3) is 0 Å². The molecule has 3 rings (SSSR count). The summed E-state index contributed by atoms with van der Waals surface area (Å²) in [7, 11) is 0. The second-order valence-electron chi connectivity index (χ2n) is 6.10. The van der Waals surface area contributed by atoms with E-state index in [2.05, 4.69) is 25.8 Å². The summed E-state index contributed by atoms with van der Waals surface area (Å²) in [6.07, 6.45) is 3.92. The first-order valence-corrected chi connectivity index (χ1v) is 9.43. The smallest absolute Gasteiger partial charge is 0.325 e. The molecule has 3 N–H and O–H groups in total. The van der Waals surface area contributed by atoms with Gasteiger partial charge < -0.3 is 15.1 Å². The highest BCUT2D eigenvalue weighted by Crippen LogP contribution is 2.17. The first-order chi connectivity index (χ1) is 13.0. The first-order valence-electron chi connectivity index (χ1n) is 8.56. The number of hydrogen-bond acceptors (Lipinski definition) is 6. The van der Waals surface area contributed by atoms with E-state index in [4.69, 9.17) is 0 Å². The summed E-state index contributed by atoms with van der Waals surface area (Å²) in [6.45, 7) is 3.84. The molecule has 0 aromatic carbocycles. The van der Waals surface area contributed by atoms with Crippen LogP contribution in [0.3, 0.4) is 0 Å². The molecule has 2 aromatic rings. The van der Waals surface area contributed by atoms with Crippen LogP contribution in [0.5, 0.6) is 0 Å². The number of H-pyrrole nitrogens is 1. The molecule has 0 aliphatic carbocycles. The van der Waals surface area contributed by atoms with Crippen molar-refractivity contribution < 1.29 is 14.4 Å². The van der Waals surface area contributed by atoms with Crippen LogP contribution in [0.1, 0.15) is 19.0 Å². The summed E-state index contributed by atoms with van der Waals surface area (Å²) in [6, 6.07) is -0.406. The standard InChI is InChI=1S/C16H21N7O3S/c1-11(24)22-4-6-23(7-5-22)14(25)3-2-12-10-27-16(20-12)21-15(26)19-13-8-17-18-9-13/h8-10H,2-7H2,1H3,(H,17,18)(H2,19,20,21,26). The zero-order chi connectivity index (χ0) is 19.2. The molecular weight excluding hydrogens is 370 g/mol. The molecule has 2 aromatic heterocycles. The van der Waals surface area contributed by atoms with Crippen molar-refractivity contribution in [2.75, 3.05) is 36.8 Å². The summed E-state index contributed by atoms with van der Waals surface area (Å²) in [5.74, 6) is 0.0971. The predicted octanol–water partition coefficient (Wildman–Crippen LogP) is 1.13. The van der Waals surface area contributed by atoms with Crippen molar-refractivity contribution in [3.8, 4) is 0 Å². The molecule has 1 aliphatic rings. The number of aryl methyl sites for hydroxylation is 1. The molecule has 0 atom stereocenters. The number of piperazine rings is 1. The fourth-order valence-electron chi connectivity index (χ4n) is 2.72. The third kappa shape index (κ3) is 5.26. The van der Waals surface area contributed by atoms with Crippen molar-refractivity contribution >= 4 is 40.0 Å². The van der Waals surface area contributed by atoms with Crippen LogP contribution < -0.4 is 10.6 Å². The van der Waals surface area contributed by atoms with Crippen molar-refractivity contribution in [2.24, 2.45) is 0 Å². The van der Waals surface area contributed by atoms with E-state index < -0.39 is 6.03 Å². The summed E-state index contributed by atoms with van der Waals surface area (Å²) >= 11 is 1.31. The van der Waals surface area contributed by atoms with Gasteiger partial charge >= 0.3 is 6.03 Å². The number of urea groups is 1. The van der Waals surface area contributed by atoms with E-state index in [0.717, 1.165) is 5.69 Å². The minimum Gasteiger partial charge on any atom is -0.339 e. The summed E-state index contributed by atoms with van der Waals surface area (Å²) in [4.78, 5) is 43.4. The van der Waals surface area contributed by atoms with Gasteiger partial charge in [0.25, 0.3) is 0 Å². The fraction of sp³-hybridized carbons (Fsp3) is 0.438. The highest BCUT2D eigenvalue weighted by Gasteiger charge is 2.22. The molecule has 0 saturated carbocycles. The van der Waals surface area contributed by atoms with Gasteiger partial charge in [0.05, 0.1) is 17.6 Å². The van der Waals surface area contributed by atoms with Crippen LogP contribution in [0.15, 0.2) is 17.8 Å². The number of carbonyl (C=O) groups is 3. The highest BCUT2D eigenvalue weighted by molar-refractivity contribution is 7.13. The van der Waals surface area contributed by atoms with Crippen molar-refractivity contribution in [3.05, 3.63) is 23.5 Å². The van der Waals surface area contributed by atoms with E-state index in [9.17, 15) is 14.4 Å². The number of hydrogen-bond donors (Lipinski definition) is 3. The van der Waals surface area contributed by atoms with E-state index in [1.807, 2.05) is 5.38 Å². The van der Waals surface area contributed by atoms with Gasteiger partial charge in [0.2, 0.25) is 11.8 Å². The Kier molecular flexibility index (Phi) is 6.01. The monoisotopic (exact) mass is 391 g/mol. The molecule has 1 fully saturated rings. The maximum Gasteiger partial charge on any atom is 0.325 e. The zero-order valence-corrected chi connectivity index (χ0v) is 15.7. The Hall–Kier alpha value is -2.95. The number of anilines is 2. The van der Waals surface area contributed by atoms with Gasteiger partial charge in [0.15, 0.2) is 5.13 Å². The number of carbonyl (C=O) groups excluding carboxylic acids is 3. The van der Waals surface area contributed by atoms with Crippen molar-refractivity contribution in [2.45, 2.75) is 19.8 Å². The number of nitrogens with zero attached hydrogens (tertiary/aromatic N) is 4. The van der Waals surface area contributed by atoms with Gasteiger partial charge in [-0.15, -0.1) is 11.3 Å². The maximum atomic E-state index is 12.3. The van der Waals surface area contributed by atoms with Crippen LogP contribution in [-0.2, 0) is 16.0 Å². The van der Waals surface area contributed by atoms with Gasteiger partial charge in [-0.2, -0.15) is 5.10 Å². The lowest BCUT2D eigenvalue weighted by molar-refractivity contribution is -0.138. The van der Waals surface area contributed by atoms with Gasteiger partial charge in [0.1, 0.15) is 0 Å². The Bertz CT molecular complexity index is 797. The Balaban J connectivity index is 1.42. The molecular formula is C16H21N7O3S. The summed E-state index contributed by atoms with van der Waals surface area (Å²) in [5.41, 5.74) is 1.31. The lowest BCUT2D eigenvalue weighted by Crippen LogP contribution is -2.50. The Morgan fingerprint density at radius 3 is 2.59 bits per heavy atom. The number of aromatic amines is 1. The largest absolute Gasteiger partial charge is 0.339 e. The molecule has 0 spiro atoms. The highest BCUT2D eigenvalue weighted by atomic mass is 32.1. The van der Waals surface area contributed by atoms with Crippen LogP contribution in [0, 0.1) is 0 Å². The number of rotatable bonds is 5. The van der Waals surface area contributed by atoms with Crippen LogP contribution in [-0.4, -0.2) is 69.0 Å². The Morgan fingerprint density at radius 2 is 1.93 bits per heavy atom. The SMILES string of the molecule is CC(=O)N1CCN(C(=O)CCc2csc(NC(=O)Nc3cn[nH]c3)n2)CC1. The molecule has 0 unspecified atom stereocenters. The van der Waals surface area contributed by atoms with E-state index in [1.165, 1.54) is 17.5 Å². The molecule has 10 nitrogen and oxygen atoms in total. The molecule has 144 valence electrons. The third-order valence-electron chi connectivity index (χ3n) is 4.20. The minimum absolute atomic E-state index is 0.0430. The summed E-state index contributed by atoms with van der Waals surface area (Å²) < 4.78 is 0. The van der Waals surface area contributed by atoms with Crippen LogP contribution >= 0.6 is 11.3 Å². The number of thiazole rings is 1. The fourth-order valence-corrected chi connectivity index (χ4v) is 3.46. The molecule has 4 amide bonds. The van der Waals surface area contributed by atoms with E-state index in [0.29, 0.717) is 49.8 Å². The third-order valence-corrected chi connectivity index (χ3v) is 5.01. The Labute approximate surface area is 159 Å². The van der Waals surface area contributed by atoms with E-state index in [1.54, 1.807) is 22.9 Å². The average Bonchev–Trinajstić information content (AvgIpc) is 3.31. The average molecular weight is 391 g/mol. The maximum absolute atomic E-state index is 12.3. The second-order valence-corrected chi connectivity index (χ2v) is 6.96. The lowest BCUT2D eigenvalue weighted by Gasteiger charge is -2.34. The molecule has 27 heavy (non-hydrogen) atoms. The van der Waals surface area contributed by atoms with Gasteiger partial charge in [-0.25, -0.2) is 9.78 Å². The van der Waals surface area contributed by atoms with Gasteiger partial charge in [-0.05, 0) is 6.42 Å². The van der Waals surface area contributed by atoms with Crippen molar-refractivity contribution in [1.29, 1.82) is 0 Å². The van der Waals surface area contributed by atoms with Gasteiger partial charge in [-0.3, -0.25) is 20.0 Å². The van der Waals surface area contributed by atoms with E-state index in [-0.39, 0.29) is 11.8 Å². The van der Waals surface area contributed by atoms with Crippen molar-refractivity contribution in [1.82, 2.24) is 25.0 Å². The minimum atomic E-state index is -0.406. The molecule has 1 saturated heterocycles. The van der Waals surface area contributed by atoms with Gasteiger partial charge in [-0.1, -0.05) is 0 Å². The number of amides is 4. The predicted molar refractivity (Wildman–Crippen MR) is 100 cm³/mol. The first kappa shape index (κ1) is 18.8. The van der Waals surface area contributed by atoms with Crippen LogP contribution in [0.2, 0.25) is 0 Å². The zero-order valence-electron chi connectivity index (χ0n) is 14.9. The second kappa shape index (κ2) is 8.62. The van der Waals surface area contributed by atoms with E-state index >= 15 is 0 Å². The lowest BCUT2D eigenvalue weighted by atomic mass is 10.2. The van der Waals surface area contributed by atoms with Gasteiger partial charge in [0, 0.05) is 51.1 Å². The molecule has 3 heterocycles.